The van der Waals surface area contributed by atoms with Gasteiger partial charge in [-0.1, -0.05) is 100 Å². The molecule has 0 aromatic heterocycles. The molecule has 0 atom stereocenters. The van der Waals surface area contributed by atoms with E-state index in [1.165, 1.54) is 78.3 Å². The first-order valence-corrected chi connectivity index (χ1v) is 22.0. The van der Waals surface area contributed by atoms with Gasteiger partial charge in [-0.05, 0) is 88.5 Å². The zero-order valence-corrected chi connectivity index (χ0v) is 38.0. The number of phenols is 2. The third-order valence-electron chi connectivity index (χ3n) is 9.02. The maximum absolute atomic E-state index is 9.33. The molecule has 0 unspecified atom stereocenters. The molecule has 0 aliphatic rings. The van der Waals surface area contributed by atoms with Gasteiger partial charge in [0, 0.05) is 0 Å². The van der Waals surface area contributed by atoms with E-state index < -0.39 is 0 Å². The van der Waals surface area contributed by atoms with Gasteiger partial charge in [-0.2, -0.15) is 12.1 Å². The van der Waals surface area contributed by atoms with E-state index in [9.17, 15) is 10.2 Å². The van der Waals surface area contributed by atoms with Crippen molar-refractivity contribution < 1.29 is 33.5 Å². The Hall–Kier alpha value is -3.20. The second-order valence-electron chi connectivity index (χ2n) is 13.9. The van der Waals surface area contributed by atoms with E-state index in [1.54, 1.807) is 0 Å². The van der Waals surface area contributed by atoms with Crippen LogP contribution in [-0.2, 0) is 36.2 Å². The average molecular weight is 792 g/mol. The van der Waals surface area contributed by atoms with Crippen LogP contribution in [0.1, 0.15) is 109 Å². The van der Waals surface area contributed by atoms with E-state index >= 15 is 0 Å². The Morgan fingerprint density at radius 1 is 0.538 bits per heavy atom. The van der Waals surface area contributed by atoms with E-state index in [4.69, 9.17) is 0 Å². The minimum atomic E-state index is 0. The molecule has 4 heteroatoms. The standard InChI is InChI=1S/2C14H17.2C9H12O.2CH3.Si.Zr/c2*1-4-11-8-12-6-5-7-13(10(2)3)14(12)9-11;2*1-6-4-7(2)9(10)8(3)5-6;;;;/h2*5-10H,4H2,1-3H3;2*4-5,10H,1-3H3;2*1H3;;/q2*-1;;;2*-1;;. The number of rotatable bonds is 4. The quantitative estimate of drug-likeness (QED) is 0.138. The van der Waals surface area contributed by atoms with Crippen molar-refractivity contribution in [1.29, 1.82) is 0 Å². The van der Waals surface area contributed by atoms with Gasteiger partial charge >= 0.3 is 30.2 Å². The zero-order valence-electron chi connectivity index (χ0n) is 34.5. The fraction of sp³-hybridized carbons (Fsp3) is 0.333. The van der Waals surface area contributed by atoms with Crippen molar-refractivity contribution in [3.8, 4) is 11.5 Å². The van der Waals surface area contributed by atoms with Crippen molar-refractivity contribution in [2.45, 2.75) is 108 Å². The summed E-state index contributed by atoms with van der Waals surface area (Å²) >= 11 is 1.36. The van der Waals surface area contributed by atoms with Crippen molar-refractivity contribution in [2.24, 2.45) is 0 Å². The zero-order chi connectivity index (χ0) is 37.7. The molecular formula is C48H64O2SiZr-4. The summed E-state index contributed by atoms with van der Waals surface area (Å²) in [6.07, 6.45) is 2.26. The Labute approximate surface area is 334 Å². The number of phenolic OH excluding ortho intramolecular Hbond substituents is 2. The molecule has 2 radical (unpaired) electrons. The summed E-state index contributed by atoms with van der Waals surface area (Å²) in [6, 6.07) is 30.4. The Bertz CT molecular complexity index is 1770. The summed E-state index contributed by atoms with van der Waals surface area (Å²) in [4.78, 5) is 0. The summed E-state index contributed by atoms with van der Waals surface area (Å²) in [5.41, 5.74) is 12.1. The molecule has 0 bridgehead atoms. The Morgan fingerprint density at radius 3 is 1.08 bits per heavy atom. The van der Waals surface area contributed by atoms with Gasteiger partial charge in [0.1, 0.15) is 11.5 Å². The van der Waals surface area contributed by atoms with Gasteiger partial charge in [-0.15, -0.1) is 69.1 Å². The fourth-order valence-corrected chi connectivity index (χ4v) is 6.40. The van der Waals surface area contributed by atoms with Gasteiger partial charge in [-0.3, -0.25) is 0 Å². The van der Waals surface area contributed by atoms with E-state index in [0.717, 1.165) is 35.1 Å². The van der Waals surface area contributed by atoms with Crippen LogP contribution in [0.4, 0.5) is 0 Å². The average Bonchev–Trinajstić information content (AvgIpc) is 3.71. The summed E-state index contributed by atoms with van der Waals surface area (Å²) in [5.74, 6) is 2.08. The summed E-state index contributed by atoms with van der Waals surface area (Å²) in [6.45, 7) is 28.2. The molecular weight excluding hydrogens is 728 g/mol. The van der Waals surface area contributed by atoms with Crippen LogP contribution < -0.4 is 0 Å². The third-order valence-corrected chi connectivity index (χ3v) is 9.02. The molecule has 0 amide bonds. The van der Waals surface area contributed by atoms with Crippen molar-refractivity contribution in [2.75, 3.05) is 0 Å². The van der Waals surface area contributed by atoms with Gasteiger partial charge < -0.3 is 25.1 Å². The molecule has 0 saturated carbocycles. The Morgan fingerprint density at radius 2 is 0.827 bits per heavy atom. The first-order chi connectivity index (χ1) is 23.7. The predicted octanol–water partition coefficient (Wildman–Crippen LogP) is 13.6. The first-order valence-electron chi connectivity index (χ1n) is 17.8. The Balaban J connectivity index is 0.000000656. The number of aromatic hydroxyl groups is 2. The molecule has 0 heterocycles. The summed E-state index contributed by atoms with van der Waals surface area (Å²) in [7, 11) is 0. The minimum absolute atomic E-state index is 0. The maximum atomic E-state index is 9.33. The van der Waals surface area contributed by atoms with Gasteiger partial charge in [0.2, 0.25) is 0 Å². The third kappa shape index (κ3) is 13.7. The fourth-order valence-electron chi connectivity index (χ4n) is 6.40. The molecule has 2 N–H and O–H groups in total. The number of benzene rings is 4. The van der Waals surface area contributed by atoms with E-state index in [-0.39, 0.29) is 14.9 Å². The van der Waals surface area contributed by atoms with E-state index in [0.29, 0.717) is 23.3 Å². The molecule has 0 saturated heterocycles. The second-order valence-corrected chi connectivity index (χ2v) is 13.9. The first kappa shape index (κ1) is 48.8. The number of hydrogen-bond donors (Lipinski definition) is 2. The molecule has 0 spiro atoms. The van der Waals surface area contributed by atoms with Crippen molar-refractivity contribution in [3.63, 3.8) is 0 Å². The van der Waals surface area contributed by atoms with Crippen LogP contribution in [0.25, 0.3) is 21.5 Å². The topological polar surface area (TPSA) is 40.5 Å². The number of fused-ring (bicyclic) bond motifs is 2. The van der Waals surface area contributed by atoms with Crippen LogP contribution >= 0.6 is 0 Å². The monoisotopic (exact) mass is 790 g/mol. The normalized spacial score (nSPS) is 10.0. The molecule has 2 nitrogen and oxygen atoms in total. The van der Waals surface area contributed by atoms with Gasteiger partial charge in [0.15, 0.2) is 0 Å². The van der Waals surface area contributed by atoms with Crippen LogP contribution in [0.3, 0.4) is 0 Å². The van der Waals surface area contributed by atoms with Gasteiger partial charge in [0.05, 0.1) is 0 Å². The molecule has 0 aliphatic carbocycles. The van der Waals surface area contributed by atoms with Crippen LogP contribution in [-0.4, -0.2) is 17.1 Å². The second kappa shape index (κ2) is 23.5. The molecule has 52 heavy (non-hydrogen) atoms. The summed E-state index contributed by atoms with van der Waals surface area (Å²) < 4.78 is 0. The van der Waals surface area contributed by atoms with Gasteiger partial charge in [0.25, 0.3) is 0 Å². The molecule has 280 valence electrons. The predicted molar refractivity (Wildman–Crippen MR) is 229 cm³/mol. The van der Waals surface area contributed by atoms with Crippen molar-refractivity contribution in [3.05, 3.63) is 155 Å². The molecule has 0 aliphatic heterocycles. The van der Waals surface area contributed by atoms with Crippen LogP contribution in [0, 0.1) is 56.4 Å². The van der Waals surface area contributed by atoms with Crippen LogP contribution in [0.2, 0.25) is 0 Å². The Kier molecular flexibility index (Phi) is 22.0. The molecule has 0 fully saturated rings. The van der Waals surface area contributed by atoms with E-state index in [1.807, 2.05) is 65.8 Å². The van der Waals surface area contributed by atoms with Crippen LogP contribution in [0.15, 0.2) is 84.9 Å². The number of aryl methyl sites for hydroxylation is 8. The van der Waals surface area contributed by atoms with Crippen LogP contribution in [0.5, 0.6) is 11.5 Å². The summed E-state index contributed by atoms with van der Waals surface area (Å²) in [5, 5.41) is 24.3. The van der Waals surface area contributed by atoms with Crippen molar-refractivity contribution >= 4 is 28.4 Å². The molecule has 6 rings (SSSR count). The SMILES string of the molecule is CCc1cc2c(C(C)C)cccc2[cH-]1.CCc1cc2c(C(C)C)cccc2[cH-]1.Cc1cc(C)c(O)c(C)c1.Cc1cc(C)c(O)c(C)c1.[CH3-].[CH3-].[Si]=[Zr]. The molecule has 6 aromatic carbocycles. The molecule has 6 aromatic rings. The van der Waals surface area contributed by atoms with Crippen molar-refractivity contribution in [1.82, 2.24) is 0 Å². The van der Waals surface area contributed by atoms with Gasteiger partial charge in [-0.25, -0.2) is 0 Å². The number of hydrogen-bond acceptors (Lipinski definition) is 2. The van der Waals surface area contributed by atoms with E-state index in [2.05, 4.69) is 109 Å².